The smallest absolute Gasteiger partial charge is 0.156 e. The molecule has 0 bridgehead atoms. The first-order chi connectivity index (χ1) is 6.66. The average Bonchev–Trinajstić information content (AvgIpc) is 2.16. The van der Waals surface area contributed by atoms with Gasteiger partial charge in [0.25, 0.3) is 0 Å². The van der Waals surface area contributed by atoms with Crippen LogP contribution in [0.1, 0.15) is 30.1 Å². The van der Waals surface area contributed by atoms with Crippen LogP contribution < -0.4 is 0 Å². The van der Waals surface area contributed by atoms with Crippen LogP contribution in [0.25, 0.3) is 0 Å². The predicted molar refractivity (Wildman–Crippen MR) is 52.7 cm³/mol. The van der Waals surface area contributed by atoms with Crippen LogP contribution in [0.4, 0.5) is 0 Å². The minimum Gasteiger partial charge on any atom is -0.385 e. The van der Waals surface area contributed by atoms with Crippen molar-refractivity contribution in [2.75, 3.05) is 13.6 Å². The van der Waals surface area contributed by atoms with Crippen molar-refractivity contribution in [1.29, 1.82) is 0 Å². The highest BCUT2D eigenvalue weighted by Crippen LogP contribution is 2.16. The van der Waals surface area contributed by atoms with E-state index < -0.39 is 6.10 Å². The van der Waals surface area contributed by atoms with E-state index in [0.717, 1.165) is 25.2 Å². The highest BCUT2D eigenvalue weighted by molar-refractivity contribution is 5.20. The lowest BCUT2D eigenvalue weighted by Gasteiger charge is -2.24. The number of aromatic nitrogens is 2. The second-order valence-electron chi connectivity index (χ2n) is 3.86. The maximum atomic E-state index is 9.35. The molecule has 1 aliphatic rings. The Morgan fingerprint density at radius 3 is 3.07 bits per heavy atom. The molecule has 1 atom stereocenters. The third kappa shape index (κ3) is 1.76. The van der Waals surface area contributed by atoms with Gasteiger partial charge in [0.15, 0.2) is 5.82 Å². The van der Waals surface area contributed by atoms with E-state index in [1.54, 1.807) is 6.92 Å². The van der Waals surface area contributed by atoms with E-state index in [4.69, 9.17) is 0 Å². The first-order valence-electron chi connectivity index (χ1n) is 4.88. The van der Waals surface area contributed by atoms with Gasteiger partial charge in [0.1, 0.15) is 6.10 Å². The molecule has 0 saturated heterocycles. The first kappa shape index (κ1) is 9.55. The fourth-order valence-corrected chi connectivity index (χ4v) is 1.65. The number of nitrogens with zero attached hydrogens (tertiary/aromatic N) is 3. The number of aliphatic hydroxyl groups is 1. The van der Waals surface area contributed by atoms with E-state index >= 15 is 0 Å². The van der Waals surface area contributed by atoms with Gasteiger partial charge in [-0.3, -0.25) is 0 Å². The molecule has 0 aliphatic carbocycles. The quantitative estimate of drug-likeness (QED) is 0.706. The Morgan fingerprint density at radius 2 is 2.36 bits per heavy atom. The Kier molecular flexibility index (Phi) is 2.48. The van der Waals surface area contributed by atoms with Crippen molar-refractivity contribution in [3.05, 3.63) is 23.3 Å². The zero-order valence-corrected chi connectivity index (χ0v) is 8.56. The summed E-state index contributed by atoms with van der Waals surface area (Å²) in [7, 11) is 2.08. The highest BCUT2D eigenvalue weighted by Gasteiger charge is 2.16. The molecule has 14 heavy (non-hydrogen) atoms. The van der Waals surface area contributed by atoms with Crippen molar-refractivity contribution in [3.8, 4) is 0 Å². The lowest BCUT2D eigenvalue weighted by molar-refractivity contribution is 0.187. The molecule has 0 spiro atoms. The second-order valence-corrected chi connectivity index (χ2v) is 3.86. The lowest BCUT2D eigenvalue weighted by Crippen LogP contribution is -2.28. The third-order valence-corrected chi connectivity index (χ3v) is 2.53. The van der Waals surface area contributed by atoms with Crippen molar-refractivity contribution >= 4 is 0 Å². The molecule has 1 N–H and O–H groups in total. The van der Waals surface area contributed by atoms with Gasteiger partial charge in [-0.25, -0.2) is 9.97 Å². The minimum atomic E-state index is -0.576. The molecule has 4 heteroatoms. The Balaban J connectivity index is 2.33. The molecule has 0 radical (unpaired) electrons. The molecule has 1 aliphatic heterocycles. The largest absolute Gasteiger partial charge is 0.385 e. The van der Waals surface area contributed by atoms with E-state index in [9.17, 15) is 5.11 Å². The van der Waals surface area contributed by atoms with E-state index in [-0.39, 0.29) is 0 Å². The van der Waals surface area contributed by atoms with Gasteiger partial charge in [-0.2, -0.15) is 0 Å². The average molecular weight is 193 g/mol. The monoisotopic (exact) mass is 193 g/mol. The maximum Gasteiger partial charge on any atom is 0.156 e. The molecule has 0 aromatic carbocycles. The summed E-state index contributed by atoms with van der Waals surface area (Å²) in [5.41, 5.74) is 2.28. The summed E-state index contributed by atoms with van der Waals surface area (Å²) in [6.45, 7) is 3.61. The SMILES string of the molecule is CC(O)c1ncc2c(n1)CN(C)CC2. The van der Waals surface area contributed by atoms with Crippen LogP contribution in [0.3, 0.4) is 0 Å². The minimum absolute atomic E-state index is 0.527. The molecule has 0 amide bonds. The van der Waals surface area contributed by atoms with E-state index in [0.29, 0.717) is 5.82 Å². The van der Waals surface area contributed by atoms with Gasteiger partial charge in [-0.05, 0) is 26.0 Å². The summed E-state index contributed by atoms with van der Waals surface area (Å²) >= 11 is 0. The topological polar surface area (TPSA) is 49.3 Å². The number of hydrogen-bond acceptors (Lipinski definition) is 4. The van der Waals surface area contributed by atoms with Crippen LogP contribution in [0, 0.1) is 0 Å². The van der Waals surface area contributed by atoms with Crippen LogP contribution in [-0.2, 0) is 13.0 Å². The van der Waals surface area contributed by atoms with E-state index in [1.165, 1.54) is 5.56 Å². The molecule has 1 aromatic rings. The van der Waals surface area contributed by atoms with Crippen LogP contribution in [0.5, 0.6) is 0 Å². The molecule has 2 rings (SSSR count). The molecule has 1 unspecified atom stereocenters. The van der Waals surface area contributed by atoms with Gasteiger partial charge >= 0.3 is 0 Å². The third-order valence-electron chi connectivity index (χ3n) is 2.53. The summed E-state index contributed by atoms with van der Waals surface area (Å²) in [6, 6.07) is 0. The van der Waals surface area contributed by atoms with Crippen LogP contribution in [0.15, 0.2) is 6.20 Å². The fourth-order valence-electron chi connectivity index (χ4n) is 1.65. The first-order valence-corrected chi connectivity index (χ1v) is 4.88. The Bertz CT molecular complexity index is 338. The summed E-state index contributed by atoms with van der Waals surface area (Å²) in [6.07, 6.45) is 2.27. The molecule has 1 aromatic heterocycles. The summed E-state index contributed by atoms with van der Waals surface area (Å²) < 4.78 is 0. The molecule has 76 valence electrons. The van der Waals surface area contributed by atoms with Crippen molar-refractivity contribution in [2.45, 2.75) is 26.0 Å². The van der Waals surface area contributed by atoms with Crippen LogP contribution in [0.2, 0.25) is 0 Å². The van der Waals surface area contributed by atoms with Gasteiger partial charge in [0.2, 0.25) is 0 Å². The van der Waals surface area contributed by atoms with E-state index in [1.807, 2.05) is 6.20 Å². The summed E-state index contributed by atoms with van der Waals surface area (Å²) in [5.74, 6) is 0.527. The van der Waals surface area contributed by atoms with Crippen LogP contribution in [-0.4, -0.2) is 33.6 Å². The van der Waals surface area contributed by atoms with Gasteiger partial charge in [-0.15, -0.1) is 0 Å². The Morgan fingerprint density at radius 1 is 1.57 bits per heavy atom. The predicted octanol–water partition coefficient (Wildman–Crippen LogP) is 0.518. The maximum absolute atomic E-state index is 9.35. The van der Waals surface area contributed by atoms with E-state index in [2.05, 4.69) is 21.9 Å². The highest BCUT2D eigenvalue weighted by atomic mass is 16.3. The van der Waals surface area contributed by atoms with Crippen molar-refractivity contribution < 1.29 is 5.11 Å². The number of fused-ring (bicyclic) bond motifs is 1. The van der Waals surface area contributed by atoms with Crippen molar-refractivity contribution in [1.82, 2.24) is 14.9 Å². The summed E-state index contributed by atoms with van der Waals surface area (Å²) in [5, 5.41) is 9.35. The zero-order chi connectivity index (χ0) is 10.1. The van der Waals surface area contributed by atoms with Gasteiger partial charge in [-0.1, -0.05) is 0 Å². The van der Waals surface area contributed by atoms with Gasteiger partial charge < -0.3 is 10.0 Å². The number of rotatable bonds is 1. The van der Waals surface area contributed by atoms with Crippen molar-refractivity contribution in [2.24, 2.45) is 0 Å². The molecule has 0 saturated carbocycles. The lowest BCUT2D eigenvalue weighted by atomic mass is 10.1. The van der Waals surface area contributed by atoms with Gasteiger partial charge in [0, 0.05) is 19.3 Å². The number of aliphatic hydroxyl groups excluding tert-OH is 1. The van der Waals surface area contributed by atoms with Crippen molar-refractivity contribution in [3.63, 3.8) is 0 Å². The van der Waals surface area contributed by atoms with Crippen LogP contribution >= 0.6 is 0 Å². The Labute approximate surface area is 83.6 Å². The summed E-state index contributed by atoms with van der Waals surface area (Å²) in [4.78, 5) is 10.7. The fraction of sp³-hybridized carbons (Fsp3) is 0.600. The second kappa shape index (κ2) is 3.63. The number of hydrogen-bond donors (Lipinski definition) is 1. The molecular weight excluding hydrogens is 178 g/mol. The Hall–Kier alpha value is -1.00. The zero-order valence-electron chi connectivity index (χ0n) is 8.56. The van der Waals surface area contributed by atoms with Gasteiger partial charge in [0.05, 0.1) is 5.69 Å². The molecule has 4 nitrogen and oxygen atoms in total. The molecule has 2 heterocycles. The normalized spacial score (nSPS) is 19.1. The standard InChI is InChI=1S/C10H15N3O/c1-7(14)10-11-5-8-3-4-13(2)6-9(8)12-10/h5,7,14H,3-4,6H2,1-2H3. The molecule has 0 fully saturated rings. The molecular formula is C10H15N3O. The number of likely N-dealkylation sites (N-methyl/N-ethyl adjacent to an activating group) is 1.